The van der Waals surface area contributed by atoms with E-state index >= 15 is 0 Å². The number of nitrogens with zero attached hydrogens (tertiary/aromatic N) is 2. The number of benzene rings is 3. The van der Waals surface area contributed by atoms with Crippen LogP contribution in [0.2, 0.25) is 5.02 Å². The minimum atomic E-state index is -0.148. The van der Waals surface area contributed by atoms with Gasteiger partial charge in [-0.1, -0.05) is 48.0 Å². The molecule has 0 saturated carbocycles. The lowest BCUT2D eigenvalue weighted by Crippen LogP contribution is -2.31. The SMILES string of the molecule is CN(CC(CCO)c1ccc(Cl)cc1)C(=O)c1cc(C#N)cc2ccccc12. The second-order valence-electron chi connectivity index (χ2n) is 6.80. The van der Waals surface area contributed by atoms with Gasteiger partial charge in [-0.2, -0.15) is 5.26 Å². The van der Waals surface area contributed by atoms with Crippen LogP contribution in [-0.2, 0) is 0 Å². The number of nitriles is 1. The van der Waals surface area contributed by atoms with E-state index in [1.54, 1.807) is 24.1 Å². The lowest BCUT2D eigenvalue weighted by Gasteiger charge is -2.25. The van der Waals surface area contributed by atoms with Crippen LogP contribution >= 0.6 is 11.6 Å². The molecule has 1 amide bonds. The molecule has 3 aromatic rings. The van der Waals surface area contributed by atoms with Gasteiger partial charge in [0.2, 0.25) is 0 Å². The quantitative estimate of drug-likeness (QED) is 0.666. The van der Waals surface area contributed by atoms with Crippen molar-refractivity contribution < 1.29 is 9.90 Å². The van der Waals surface area contributed by atoms with E-state index in [0.717, 1.165) is 16.3 Å². The number of amides is 1. The highest BCUT2D eigenvalue weighted by atomic mass is 35.5. The number of carbonyl (C=O) groups excluding carboxylic acids is 1. The zero-order valence-electron chi connectivity index (χ0n) is 15.6. The number of likely N-dealkylation sites (N-methyl/N-ethyl adjacent to an activating group) is 1. The molecule has 0 bridgehead atoms. The van der Waals surface area contributed by atoms with Crippen molar-refractivity contribution in [3.8, 4) is 6.07 Å². The molecule has 0 aliphatic rings. The van der Waals surface area contributed by atoms with Crippen LogP contribution in [0.1, 0.15) is 33.8 Å². The molecule has 0 aromatic heterocycles. The number of halogens is 1. The first-order valence-corrected chi connectivity index (χ1v) is 9.46. The Hall–Kier alpha value is -2.87. The van der Waals surface area contributed by atoms with Gasteiger partial charge >= 0.3 is 0 Å². The Kier molecular flexibility index (Phi) is 6.30. The second-order valence-corrected chi connectivity index (χ2v) is 7.24. The highest BCUT2D eigenvalue weighted by Gasteiger charge is 2.20. The molecule has 3 rings (SSSR count). The van der Waals surface area contributed by atoms with Gasteiger partial charge in [-0.3, -0.25) is 4.79 Å². The van der Waals surface area contributed by atoms with Crippen LogP contribution in [0.5, 0.6) is 0 Å². The van der Waals surface area contributed by atoms with Crippen LogP contribution in [0, 0.1) is 11.3 Å². The average molecular weight is 393 g/mol. The maximum Gasteiger partial charge on any atom is 0.254 e. The molecule has 5 heteroatoms. The van der Waals surface area contributed by atoms with Gasteiger partial charge in [0.15, 0.2) is 0 Å². The fourth-order valence-corrected chi connectivity index (χ4v) is 3.55. The Labute approximate surface area is 169 Å². The van der Waals surface area contributed by atoms with E-state index < -0.39 is 0 Å². The van der Waals surface area contributed by atoms with Crippen LogP contribution in [0.3, 0.4) is 0 Å². The van der Waals surface area contributed by atoms with E-state index in [9.17, 15) is 15.2 Å². The van der Waals surface area contributed by atoms with E-state index in [1.807, 2.05) is 48.5 Å². The molecule has 0 fully saturated rings. The molecule has 0 radical (unpaired) electrons. The summed E-state index contributed by atoms with van der Waals surface area (Å²) in [5, 5.41) is 21.1. The molecule has 4 nitrogen and oxygen atoms in total. The molecular formula is C23H21ClN2O2. The Morgan fingerprint density at radius 1 is 1.18 bits per heavy atom. The summed E-state index contributed by atoms with van der Waals surface area (Å²) < 4.78 is 0. The van der Waals surface area contributed by atoms with Crippen LogP contribution in [0.4, 0.5) is 0 Å². The zero-order chi connectivity index (χ0) is 20.1. The van der Waals surface area contributed by atoms with Crippen LogP contribution < -0.4 is 0 Å². The molecule has 0 spiro atoms. The summed E-state index contributed by atoms with van der Waals surface area (Å²) in [7, 11) is 1.75. The topological polar surface area (TPSA) is 64.3 Å². The molecule has 142 valence electrons. The van der Waals surface area contributed by atoms with Gasteiger partial charge in [0.25, 0.3) is 5.91 Å². The first-order valence-electron chi connectivity index (χ1n) is 9.08. The Morgan fingerprint density at radius 3 is 2.57 bits per heavy atom. The summed E-state index contributed by atoms with van der Waals surface area (Å²) in [4.78, 5) is 14.8. The molecule has 0 saturated heterocycles. The molecule has 0 heterocycles. The van der Waals surface area contributed by atoms with Gasteiger partial charge in [0.1, 0.15) is 0 Å². The lowest BCUT2D eigenvalue weighted by molar-refractivity contribution is 0.0783. The predicted octanol–water partition coefficient (Wildman–Crippen LogP) is 4.60. The third kappa shape index (κ3) is 4.33. The Bertz CT molecular complexity index is 1020. The summed E-state index contributed by atoms with van der Waals surface area (Å²) in [6, 6.07) is 20.6. The van der Waals surface area contributed by atoms with E-state index in [1.165, 1.54) is 0 Å². The first-order chi connectivity index (χ1) is 13.5. The number of aliphatic hydroxyl groups is 1. The summed E-state index contributed by atoms with van der Waals surface area (Å²) >= 11 is 5.97. The summed E-state index contributed by atoms with van der Waals surface area (Å²) in [5.74, 6) is -0.160. The molecule has 0 aliphatic heterocycles. The minimum absolute atomic E-state index is 0.0124. The Morgan fingerprint density at radius 2 is 1.89 bits per heavy atom. The largest absolute Gasteiger partial charge is 0.396 e. The van der Waals surface area contributed by atoms with Gasteiger partial charge in [-0.05, 0) is 47.0 Å². The van der Waals surface area contributed by atoms with E-state index in [2.05, 4.69) is 6.07 Å². The van der Waals surface area contributed by atoms with Crippen LogP contribution in [0.25, 0.3) is 10.8 Å². The number of rotatable bonds is 6. The van der Waals surface area contributed by atoms with Gasteiger partial charge in [0.05, 0.1) is 11.6 Å². The zero-order valence-corrected chi connectivity index (χ0v) is 16.4. The van der Waals surface area contributed by atoms with Crippen molar-refractivity contribution in [3.05, 3.63) is 82.4 Å². The maximum absolute atomic E-state index is 13.2. The van der Waals surface area contributed by atoms with Crippen molar-refractivity contribution in [1.29, 1.82) is 5.26 Å². The molecule has 3 aromatic carbocycles. The van der Waals surface area contributed by atoms with Crippen molar-refractivity contribution >= 4 is 28.3 Å². The smallest absolute Gasteiger partial charge is 0.254 e. The number of aliphatic hydroxyl groups excluding tert-OH is 1. The van der Waals surface area contributed by atoms with Gasteiger partial charge < -0.3 is 10.0 Å². The summed E-state index contributed by atoms with van der Waals surface area (Å²) in [6.45, 7) is 0.480. The Balaban J connectivity index is 1.90. The van der Waals surface area contributed by atoms with Crippen LogP contribution in [-0.4, -0.2) is 36.1 Å². The van der Waals surface area contributed by atoms with Crippen LogP contribution in [0.15, 0.2) is 60.7 Å². The van der Waals surface area contributed by atoms with Crippen molar-refractivity contribution in [3.63, 3.8) is 0 Å². The predicted molar refractivity (Wildman–Crippen MR) is 112 cm³/mol. The highest BCUT2D eigenvalue weighted by Crippen LogP contribution is 2.25. The molecule has 0 aliphatic carbocycles. The fraction of sp³-hybridized carbons (Fsp3) is 0.217. The fourth-order valence-electron chi connectivity index (χ4n) is 3.43. The average Bonchev–Trinajstić information content (AvgIpc) is 2.72. The van der Waals surface area contributed by atoms with Crippen molar-refractivity contribution in [2.45, 2.75) is 12.3 Å². The van der Waals surface area contributed by atoms with Crippen molar-refractivity contribution in [1.82, 2.24) is 4.90 Å². The third-order valence-electron chi connectivity index (χ3n) is 4.88. The number of carbonyl (C=O) groups is 1. The molecule has 28 heavy (non-hydrogen) atoms. The number of hydrogen-bond donors (Lipinski definition) is 1. The molecule has 1 atom stereocenters. The number of hydrogen-bond acceptors (Lipinski definition) is 3. The standard InChI is InChI=1S/C23H21ClN2O2/c1-26(15-19(10-11-27)17-6-8-20(24)9-7-17)23(28)22-13-16(14-25)12-18-4-2-3-5-21(18)22/h2-9,12-13,19,27H,10-11,15H2,1H3. The number of fused-ring (bicyclic) bond motifs is 1. The van der Waals surface area contributed by atoms with E-state index in [4.69, 9.17) is 11.6 Å². The van der Waals surface area contributed by atoms with E-state index in [0.29, 0.717) is 29.1 Å². The molecule has 1 N–H and O–H groups in total. The monoisotopic (exact) mass is 392 g/mol. The first kappa shape index (κ1) is 19.9. The lowest BCUT2D eigenvalue weighted by atomic mass is 9.95. The third-order valence-corrected chi connectivity index (χ3v) is 5.13. The van der Waals surface area contributed by atoms with Gasteiger partial charge in [0, 0.05) is 36.7 Å². The van der Waals surface area contributed by atoms with Crippen molar-refractivity contribution in [2.24, 2.45) is 0 Å². The molecular weight excluding hydrogens is 372 g/mol. The maximum atomic E-state index is 13.2. The van der Waals surface area contributed by atoms with Gasteiger partial charge in [-0.25, -0.2) is 0 Å². The van der Waals surface area contributed by atoms with Gasteiger partial charge in [-0.15, -0.1) is 0 Å². The summed E-state index contributed by atoms with van der Waals surface area (Å²) in [5.41, 5.74) is 1.99. The molecule has 1 unspecified atom stereocenters. The minimum Gasteiger partial charge on any atom is -0.396 e. The summed E-state index contributed by atoms with van der Waals surface area (Å²) in [6.07, 6.45) is 0.540. The normalized spacial score (nSPS) is 11.8. The second kappa shape index (κ2) is 8.88. The van der Waals surface area contributed by atoms with E-state index in [-0.39, 0.29) is 18.4 Å². The van der Waals surface area contributed by atoms with Crippen molar-refractivity contribution in [2.75, 3.05) is 20.2 Å². The highest BCUT2D eigenvalue weighted by molar-refractivity contribution is 6.30.